The van der Waals surface area contributed by atoms with Crippen LogP contribution in [0.1, 0.15) is 0 Å². The van der Waals surface area contributed by atoms with Gasteiger partial charge in [-0.05, 0) is 12.1 Å². The van der Waals surface area contributed by atoms with Crippen LogP contribution < -0.4 is 10.6 Å². The second-order valence-electron chi connectivity index (χ2n) is 4.39. The van der Waals surface area contributed by atoms with Crippen LogP contribution in [-0.4, -0.2) is 49.1 Å². The van der Waals surface area contributed by atoms with Crippen molar-refractivity contribution in [2.75, 3.05) is 44.2 Å². The van der Waals surface area contributed by atoms with Crippen molar-refractivity contribution in [3.63, 3.8) is 0 Å². The van der Waals surface area contributed by atoms with Crippen LogP contribution in [0.2, 0.25) is 0 Å². The minimum atomic E-state index is -0.372. The van der Waals surface area contributed by atoms with Gasteiger partial charge in [0.1, 0.15) is 0 Å². The minimum absolute atomic E-state index is 0.139. The molecule has 1 fully saturated rings. The summed E-state index contributed by atoms with van der Waals surface area (Å²) >= 11 is 0. The summed E-state index contributed by atoms with van der Waals surface area (Å²) in [6.07, 6.45) is 0. The first kappa shape index (κ1) is 12.8. The molecule has 0 saturated carbocycles. The summed E-state index contributed by atoms with van der Waals surface area (Å²) in [5.74, 6) is 0. The number of piperazine rings is 1. The van der Waals surface area contributed by atoms with Crippen molar-refractivity contribution in [2.24, 2.45) is 5.73 Å². The van der Waals surface area contributed by atoms with E-state index in [1.807, 2.05) is 12.1 Å². The second-order valence-corrected chi connectivity index (χ2v) is 4.39. The van der Waals surface area contributed by atoms with Crippen LogP contribution in [-0.2, 0) is 0 Å². The van der Waals surface area contributed by atoms with Gasteiger partial charge >= 0.3 is 0 Å². The number of non-ortho nitro benzene ring substituents is 1. The maximum atomic E-state index is 10.6. The summed E-state index contributed by atoms with van der Waals surface area (Å²) in [5.41, 5.74) is 6.72. The highest BCUT2D eigenvalue weighted by molar-refractivity contribution is 5.51. The average molecular weight is 250 g/mol. The first-order valence-corrected chi connectivity index (χ1v) is 6.12. The van der Waals surface area contributed by atoms with Crippen molar-refractivity contribution in [1.82, 2.24) is 4.90 Å². The standard InChI is InChI=1S/C12H18N4O2/c13-5-6-14-7-9-15(10-8-14)11-1-3-12(4-2-11)16(17)18/h1-4H,5-10,13H2. The van der Waals surface area contributed by atoms with Gasteiger partial charge in [-0.3, -0.25) is 15.0 Å². The summed E-state index contributed by atoms with van der Waals surface area (Å²) in [4.78, 5) is 14.8. The molecule has 1 aliphatic heterocycles. The Morgan fingerprint density at radius 3 is 2.28 bits per heavy atom. The van der Waals surface area contributed by atoms with Crippen LogP contribution in [0, 0.1) is 10.1 Å². The molecule has 2 rings (SSSR count). The lowest BCUT2D eigenvalue weighted by atomic mass is 10.2. The molecule has 1 aromatic rings. The van der Waals surface area contributed by atoms with E-state index >= 15 is 0 Å². The Bertz CT molecular complexity index is 399. The number of rotatable bonds is 4. The second kappa shape index (κ2) is 5.79. The van der Waals surface area contributed by atoms with Crippen LogP contribution in [0.15, 0.2) is 24.3 Å². The molecule has 98 valence electrons. The fourth-order valence-corrected chi connectivity index (χ4v) is 2.20. The van der Waals surface area contributed by atoms with Crippen LogP contribution in [0.25, 0.3) is 0 Å². The fourth-order valence-electron chi connectivity index (χ4n) is 2.20. The number of nitro groups is 1. The average Bonchev–Trinajstić information content (AvgIpc) is 2.40. The zero-order valence-corrected chi connectivity index (χ0v) is 10.3. The Morgan fingerprint density at radius 1 is 1.17 bits per heavy atom. The Morgan fingerprint density at radius 2 is 1.78 bits per heavy atom. The van der Waals surface area contributed by atoms with Gasteiger partial charge in [0, 0.05) is 57.1 Å². The molecule has 0 radical (unpaired) electrons. The highest BCUT2D eigenvalue weighted by Gasteiger charge is 2.17. The Labute approximate surface area is 106 Å². The van der Waals surface area contributed by atoms with E-state index in [-0.39, 0.29) is 10.6 Å². The fraction of sp³-hybridized carbons (Fsp3) is 0.500. The van der Waals surface area contributed by atoms with Gasteiger partial charge in [0.15, 0.2) is 0 Å². The quantitative estimate of drug-likeness (QED) is 0.628. The molecular formula is C12H18N4O2. The molecular weight excluding hydrogens is 232 g/mol. The predicted molar refractivity (Wildman–Crippen MR) is 70.8 cm³/mol. The molecule has 0 unspecified atom stereocenters. The normalized spacial score (nSPS) is 16.8. The van der Waals surface area contributed by atoms with Gasteiger partial charge in [-0.25, -0.2) is 0 Å². The Balaban J connectivity index is 1.95. The number of hydrogen-bond donors (Lipinski definition) is 1. The number of hydrogen-bond acceptors (Lipinski definition) is 5. The molecule has 0 aliphatic carbocycles. The third-order valence-electron chi connectivity index (χ3n) is 3.24. The van der Waals surface area contributed by atoms with Gasteiger partial charge in [-0.1, -0.05) is 0 Å². The lowest BCUT2D eigenvalue weighted by Gasteiger charge is -2.35. The van der Waals surface area contributed by atoms with E-state index in [1.165, 1.54) is 0 Å². The van der Waals surface area contributed by atoms with Gasteiger partial charge in [0.05, 0.1) is 4.92 Å². The Kier molecular flexibility index (Phi) is 4.11. The smallest absolute Gasteiger partial charge is 0.269 e. The zero-order valence-electron chi connectivity index (χ0n) is 10.3. The summed E-state index contributed by atoms with van der Waals surface area (Å²) in [6.45, 7) is 5.50. The number of anilines is 1. The van der Waals surface area contributed by atoms with Crippen molar-refractivity contribution in [3.8, 4) is 0 Å². The number of nitrogens with zero attached hydrogens (tertiary/aromatic N) is 3. The van der Waals surface area contributed by atoms with Crippen LogP contribution in [0.4, 0.5) is 11.4 Å². The topological polar surface area (TPSA) is 75.6 Å². The number of nitro benzene ring substituents is 1. The van der Waals surface area contributed by atoms with Crippen LogP contribution in [0.3, 0.4) is 0 Å². The molecule has 1 aliphatic rings. The van der Waals surface area contributed by atoms with Crippen molar-refractivity contribution in [1.29, 1.82) is 0 Å². The van der Waals surface area contributed by atoms with Crippen molar-refractivity contribution in [3.05, 3.63) is 34.4 Å². The lowest BCUT2D eigenvalue weighted by molar-refractivity contribution is -0.384. The van der Waals surface area contributed by atoms with Gasteiger partial charge in [0.2, 0.25) is 0 Å². The third-order valence-corrected chi connectivity index (χ3v) is 3.24. The van der Waals surface area contributed by atoms with Crippen molar-refractivity contribution >= 4 is 11.4 Å². The highest BCUT2D eigenvalue weighted by atomic mass is 16.6. The van der Waals surface area contributed by atoms with Gasteiger partial charge in [0.25, 0.3) is 5.69 Å². The van der Waals surface area contributed by atoms with E-state index in [0.29, 0.717) is 6.54 Å². The largest absolute Gasteiger partial charge is 0.369 e. The molecule has 2 N–H and O–H groups in total. The maximum Gasteiger partial charge on any atom is 0.269 e. The summed E-state index contributed by atoms with van der Waals surface area (Å²) in [6, 6.07) is 6.75. The van der Waals surface area contributed by atoms with Crippen molar-refractivity contribution < 1.29 is 4.92 Å². The molecule has 0 atom stereocenters. The molecule has 1 saturated heterocycles. The van der Waals surface area contributed by atoms with Gasteiger partial charge < -0.3 is 10.6 Å². The molecule has 18 heavy (non-hydrogen) atoms. The van der Waals surface area contributed by atoms with E-state index in [9.17, 15) is 10.1 Å². The summed E-state index contributed by atoms with van der Waals surface area (Å²) in [5, 5.41) is 10.6. The van der Waals surface area contributed by atoms with E-state index < -0.39 is 0 Å². The molecule has 0 aromatic heterocycles. The third kappa shape index (κ3) is 2.96. The van der Waals surface area contributed by atoms with E-state index in [1.54, 1.807) is 12.1 Å². The molecule has 0 spiro atoms. The minimum Gasteiger partial charge on any atom is -0.369 e. The first-order chi connectivity index (χ1) is 8.70. The lowest BCUT2D eigenvalue weighted by Crippen LogP contribution is -2.47. The van der Waals surface area contributed by atoms with Gasteiger partial charge in [-0.2, -0.15) is 0 Å². The van der Waals surface area contributed by atoms with Crippen LogP contribution in [0.5, 0.6) is 0 Å². The molecule has 0 bridgehead atoms. The maximum absolute atomic E-state index is 10.6. The summed E-state index contributed by atoms with van der Waals surface area (Å²) in [7, 11) is 0. The molecule has 6 heteroatoms. The number of benzene rings is 1. The molecule has 6 nitrogen and oxygen atoms in total. The van der Waals surface area contributed by atoms with Gasteiger partial charge in [-0.15, -0.1) is 0 Å². The predicted octanol–water partition coefficient (Wildman–Crippen LogP) is 0.675. The summed E-state index contributed by atoms with van der Waals surface area (Å²) < 4.78 is 0. The number of nitrogens with two attached hydrogens (primary N) is 1. The first-order valence-electron chi connectivity index (χ1n) is 6.12. The SMILES string of the molecule is NCCN1CCN(c2ccc([N+](=O)[O-])cc2)CC1. The highest BCUT2D eigenvalue weighted by Crippen LogP contribution is 2.20. The van der Waals surface area contributed by atoms with E-state index in [0.717, 1.165) is 38.4 Å². The molecule has 1 aromatic carbocycles. The zero-order chi connectivity index (χ0) is 13.0. The molecule has 1 heterocycles. The van der Waals surface area contributed by atoms with E-state index in [4.69, 9.17) is 5.73 Å². The monoisotopic (exact) mass is 250 g/mol. The van der Waals surface area contributed by atoms with Crippen molar-refractivity contribution in [2.45, 2.75) is 0 Å². The van der Waals surface area contributed by atoms with E-state index in [2.05, 4.69) is 9.80 Å². The molecule has 0 amide bonds. The van der Waals surface area contributed by atoms with Crippen LogP contribution >= 0.6 is 0 Å². The Hall–Kier alpha value is -1.66.